The van der Waals surface area contributed by atoms with E-state index in [9.17, 15) is 13.2 Å². The van der Waals surface area contributed by atoms with Crippen molar-refractivity contribution in [1.82, 2.24) is 4.90 Å². The fourth-order valence-electron chi connectivity index (χ4n) is 2.89. The van der Waals surface area contributed by atoms with Crippen LogP contribution in [0.5, 0.6) is 0 Å². The Labute approximate surface area is 173 Å². The lowest BCUT2D eigenvalue weighted by Crippen LogP contribution is -2.31. The highest BCUT2D eigenvalue weighted by Crippen LogP contribution is 2.27. The molecule has 0 saturated carbocycles. The normalized spacial score (nSPS) is 23.2. The molecular formula is C21H25NO5S. The minimum atomic E-state index is -4.33. The molecule has 0 spiro atoms. The van der Waals surface area contributed by atoms with Crippen LogP contribution in [0.2, 0.25) is 0 Å². The Kier molecular flexibility index (Phi) is 4.56. The summed E-state index contributed by atoms with van der Waals surface area (Å²) in [6.07, 6.45) is -5.03. The molecule has 0 N–H and O–H groups in total. The van der Waals surface area contributed by atoms with Crippen molar-refractivity contribution in [3.8, 4) is 0 Å². The quantitative estimate of drug-likeness (QED) is 0.681. The third-order valence-electron chi connectivity index (χ3n) is 4.47. The first-order valence-corrected chi connectivity index (χ1v) is 10.2. The molecule has 1 heterocycles. The average Bonchev–Trinajstić information content (AvgIpc) is 3.16. The number of nitrogens with zero attached hydrogens (tertiary/aromatic N) is 1. The first kappa shape index (κ1) is 14.6. The molecule has 0 aliphatic carbocycles. The predicted octanol–water partition coefficient (Wildman–Crippen LogP) is 3.75. The fourth-order valence-corrected chi connectivity index (χ4v) is 3.99. The van der Waals surface area contributed by atoms with Crippen LogP contribution in [0.3, 0.4) is 0 Å². The Bertz CT molecular complexity index is 1070. The molecule has 1 saturated heterocycles. The molecule has 1 fully saturated rings. The molecule has 0 radical (unpaired) electrons. The number of rotatable bonds is 6. The second kappa shape index (κ2) is 8.75. The highest BCUT2D eigenvalue weighted by molar-refractivity contribution is 7.86. The average molecular weight is 409 g/mol. The molecule has 0 aromatic heterocycles. The summed E-state index contributed by atoms with van der Waals surface area (Å²) in [7, 11) is -4.33. The number of benzene rings is 2. The van der Waals surface area contributed by atoms with Gasteiger partial charge in [-0.15, -0.1) is 0 Å². The zero-order valence-corrected chi connectivity index (χ0v) is 16.2. The van der Waals surface area contributed by atoms with Crippen molar-refractivity contribution in [3.63, 3.8) is 0 Å². The molecule has 0 bridgehead atoms. The van der Waals surface area contributed by atoms with Gasteiger partial charge in [0.25, 0.3) is 10.1 Å². The molecule has 1 aliphatic heterocycles. The Morgan fingerprint density at radius 1 is 1.18 bits per heavy atom. The summed E-state index contributed by atoms with van der Waals surface area (Å²) < 4.78 is 75.2. The Hall–Kier alpha value is -2.38. The second-order valence-corrected chi connectivity index (χ2v) is 8.17. The van der Waals surface area contributed by atoms with E-state index >= 15 is 0 Å². The van der Waals surface area contributed by atoms with Gasteiger partial charge < -0.3 is 9.64 Å². The van der Waals surface area contributed by atoms with Gasteiger partial charge in [0.05, 0.1) is 17.5 Å². The lowest BCUT2D eigenvalue weighted by atomic mass is 10.0. The number of amides is 1. The number of likely N-dealkylation sites (tertiary alicyclic amines) is 1. The van der Waals surface area contributed by atoms with Gasteiger partial charge in [-0.25, -0.2) is 4.79 Å². The summed E-state index contributed by atoms with van der Waals surface area (Å²) in [6, 6.07) is 14.7. The summed E-state index contributed by atoms with van der Waals surface area (Å²) in [4.78, 5) is 13.5. The van der Waals surface area contributed by atoms with E-state index in [1.54, 1.807) is 43.3 Å². The Balaban J connectivity index is 1.81. The zero-order valence-electron chi connectivity index (χ0n) is 20.4. The van der Waals surface area contributed by atoms with Gasteiger partial charge in [-0.05, 0) is 31.0 Å². The van der Waals surface area contributed by atoms with Crippen molar-refractivity contribution in [2.24, 2.45) is 5.92 Å². The molecule has 1 aliphatic rings. The topological polar surface area (TPSA) is 72.9 Å². The van der Waals surface area contributed by atoms with E-state index < -0.39 is 41.5 Å². The highest BCUT2D eigenvalue weighted by Gasteiger charge is 2.38. The van der Waals surface area contributed by atoms with Crippen LogP contribution >= 0.6 is 0 Å². The van der Waals surface area contributed by atoms with Gasteiger partial charge >= 0.3 is 6.09 Å². The van der Waals surface area contributed by atoms with Crippen molar-refractivity contribution in [3.05, 3.63) is 65.7 Å². The van der Waals surface area contributed by atoms with Gasteiger partial charge in [-0.1, -0.05) is 54.9 Å². The van der Waals surface area contributed by atoms with Crippen LogP contribution in [-0.4, -0.2) is 38.6 Å². The molecule has 6 nitrogen and oxygen atoms in total. The largest absolute Gasteiger partial charge is 0.445 e. The number of hydrogen-bond acceptors (Lipinski definition) is 5. The second-order valence-electron chi connectivity index (χ2n) is 6.60. The molecule has 2 aromatic carbocycles. The number of carbonyl (C=O) groups excluding carboxylic acids is 1. The minimum absolute atomic E-state index is 0.0415. The summed E-state index contributed by atoms with van der Waals surface area (Å²) in [5, 5.41) is 0. The molecule has 0 unspecified atom stereocenters. The van der Waals surface area contributed by atoms with Crippen LogP contribution in [0.15, 0.2) is 59.5 Å². The first-order valence-electron chi connectivity index (χ1n) is 11.3. The van der Waals surface area contributed by atoms with Crippen LogP contribution in [0.4, 0.5) is 4.79 Å². The lowest BCUT2D eigenvalue weighted by Gasteiger charge is -2.17. The molecule has 2 aromatic rings. The van der Waals surface area contributed by atoms with Crippen LogP contribution in [0, 0.1) is 12.8 Å². The number of ether oxygens (including phenoxy) is 1. The van der Waals surface area contributed by atoms with Crippen LogP contribution < -0.4 is 0 Å². The van der Waals surface area contributed by atoms with Gasteiger partial charge in [0.15, 0.2) is 0 Å². The van der Waals surface area contributed by atoms with Crippen molar-refractivity contribution in [1.29, 1.82) is 0 Å². The van der Waals surface area contributed by atoms with E-state index in [2.05, 4.69) is 0 Å². The SMILES string of the molecule is [2H]C([2H])([2H])C([2H])([2H])[C@H]1CN(C(=O)OCc2ccccc2)C[C@@H]1OS(=O)(=O)c1ccc(C)cc1. The first-order chi connectivity index (χ1) is 15.3. The van der Waals surface area contributed by atoms with E-state index in [-0.39, 0.29) is 24.6 Å². The van der Waals surface area contributed by atoms with E-state index in [0.717, 1.165) is 16.0 Å². The Morgan fingerprint density at radius 3 is 2.57 bits per heavy atom. The maximum Gasteiger partial charge on any atom is 0.410 e. The van der Waals surface area contributed by atoms with E-state index in [1.807, 2.05) is 6.07 Å². The number of carbonyl (C=O) groups is 1. The van der Waals surface area contributed by atoms with Crippen molar-refractivity contribution in [2.75, 3.05) is 13.1 Å². The standard InChI is InChI=1S/C21H25NO5S/c1-3-18-13-22(21(23)26-15-17-7-5-4-6-8-17)14-20(18)27-28(24,25)19-11-9-16(2)10-12-19/h4-12,18,20H,3,13-15H2,1-2H3/t18-,20-/m0/s1/i1D3,3D2. The summed E-state index contributed by atoms with van der Waals surface area (Å²) in [5.74, 6) is -1.42. The van der Waals surface area contributed by atoms with E-state index in [1.165, 1.54) is 12.1 Å². The molecule has 150 valence electrons. The van der Waals surface area contributed by atoms with Crippen LogP contribution in [-0.2, 0) is 25.6 Å². The van der Waals surface area contributed by atoms with Gasteiger partial charge in [0, 0.05) is 19.3 Å². The van der Waals surface area contributed by atoms with Gasteiger partial charge in [0.1, 0.15) is 6.61 Å². The third kappa shape index (κ3) is 4.91. The third-order valence-corrected chi connectivity index (χ3v) is 5.82. The van der Waals surface area contributed by atoms with Crippen molar-refractivity contribution in [2.45, 2.75) is 37.8 Å². The minimum Gasteiger partial charge on any atom is -0.445 e. The van der Waals surface area contributed by atoms with Crippen molar-refractivity contribution < 1.29 is 29.0 Å². The summed E-state index contributed by atoms with van der Waals surface area (Å²) in [6.45, 7) is -2.02. The van der Waals surface area contributed by atoms with Crippen LogP contribution in [0.1, 0.15) is 31.2 Å². The molecular weight excluding hydrogens is 378 g/mol. The van der Waals surface area contributed by atoms with Gasteiger partial charge in [-0.2, -0.15) is 8.42 Å². The van der Waals surface area contributed by atoms with Gasteiger partial charge in [-0.3, -0.25) is 4.18 Å². The maximum absolute atomic E-state index is 12.8. The summed E-state index contributed by atoms with van der Waals surface area (Å²) in [5.41, 5.74) is 1.56. The fraction of sp³-hybridized carbons (Fsp3) is 0.381. The highest BCUT2D eigenvalue weighted by atomic mass is 32.2. The smallest absolute Gasteiger partial charge is 0.410 e. The molecule has 1 amide bonds. The van der Waals surface area contributed by atoms with Crippen molar-refractivity contribution >= 4 is 16.2 Å². The van der Waals surface area contributed by atoms with Gasteiger partial charge in [0.2, 0.25) is 0 Å². The summed E-state index contributed by atoms with van der Waals surface area (Å²) >= 11 is 0. The van der Waals surface area contributed by atoms with E-state index in [4.69, 9.17) is 15.8 Å². The lowest BCUT2D eigenvalue weighted by molar-refractivity contribution is 0.0994. The van der Waals surface area contributed by atoms with E-state index in [0.29, 0.717) is 0 Å². The van der Waals surface area contributed by atoms with Crippen LogP contribution in [0.25, 0.3) is 0 Å². The number of hydrogen-bond donors (Lipinski definition) is 0. The molecule has 2 atom stereocenters. The molecule has 3 rings (SSSR count). The Morgan fingerprint density at radius 2 is 1.89 bits per heavy atom. The monoisotopic (exact) mass is 408 g/mol. The predicted molar refractivity (Wildman–Crippen MR) is 105 cm³/mol. The number of aryl methyl sites for hydroxylation is 1. The molecule has 28 heavy (non-hydrogen) atoms. The maximum atomic E-state index is 12.8. The zero-order chi connectivity index (χ0) is 24.4. The molecule has 7 heteroatoms.